The smallest absolute Gasteiger partial charge is 0.187 e. The Bertz CT molecular complexity index is 508. The quantitative estimate of drug-likeness (QED) is 0.439. The molecule has 0 aromatic heterocycles. The van der Waals surface area contributed by atoms with Gasteiger partial charge in [-0.15, -0.1) is 0 Å². The molecule has 0 radical (unpaired) electrons. The second-order valence-electron chi connectivity index (χ2n) is 4.30. The van der Waals surface area contributed by atoms with Crippen LogP contribution in [0.15, 0.2) is 23.3 Å². The van der Waals surface area contributed by atoms with Gasteiger partial charge in [0.2, 0.25) is 0 Å². The third-order valence-electron chi connectivity index (χ3n) is 2.47. The number of thiocarbonyl (C=S) groups is 1. The predicted molar refractivity (Wildman–Crippen MR) is 80.5 cm³/mol. The van der Waals surface area contributed by atoms with E-state index in [9.17, 15) is 9.50 Å². The summed E-state index contributed by atoms with van der Waals surface area (Å²) in [5.74, 6) is -0.483. The fourth-order valence-electron chi connectivity index (χ4n) is 1.54. The highest BCUT2D eigenvalue weighted by Crippen LogP contribution is 2.18. The average molecular weight is 299 g/mol. The number of phenols is 1. The first-order valence-corrected chi connectivity index (χ1v) is 6.43. The van der Waals surface area contributed by atoms with Crippen LogP contribution in [0.4, 0.5) is 4.39 Å². The summed E-state index contributed by atoms with van der Waals surface area (Å²) in [5.41, 5.74) is 3.37. The van der Waals surface area contributed by atoms with Crippen molar-refractivity contribution in [3.8, 4) is 5.75 Å². The van der Waals surface area contributed by atoms with Gasteiger partial charge in [-0.25, -0.2) is 4.39 Å². The van der Waals surface area contributed by atoms with Crippen molar-refractivity contribution in [1.29, 1.82) is 0 Å². The molecular weight excluding hydrogens is 281 g/mol. The molecule has 7 heteroatoms. The molecular formula is C13H18FN3O2S. The van der Waals surface area contributed by atoms with E-state index in [0.717, 1.165) is 0 Å². The van der Waals surface area contributed by atoms with Crippen molar-refractivity contribution in [1.82, 2.24) is 10.7 Å². The zero-order valence-electron chi connectivity index (χ0n) is 11.6. The minimum Gasteiger partial charge on any atom is -0.507 e. The number of halogens is 1. The lowest BCUT2D eigenvalue weighted by Crippen LogP contribution is -2.40. The van der Waals surface area contributed by atoms with Gasteiger partial charge < -0.3 is 15.2 Å². The summed E-state index contributed by atoms with van der Waals surface area (Å²) in [4.78, 5) is 0. The maximum absolute atomic E-state index is 13.1. The highest BCUT2D eigenvalue weighted by atomic mass is 32.1. The van der Waals surface area contributed by atoms with Crippen LogP contribution in [0.3, 0.4) is 0 Å². The minimum absolute atomic E-state index is 0.0399. The van der Waals surface area contributed by atoms with Crippen LogP contribution in [0.2, 0.25) is 0 Å². The Morgan fingerprint density at radius 3 is 2.90 bits per heavy atom. The molecule has 0 spiro atoms. The minimum atomic E-state index is -0.443. The lowest BCUT2D eigenvalue weighted by molar-refractivity contribution is 0.179. The zero-order chi connectivity index (χ0) is 15.1. The third-order valence-corrected chi connectivity index (χ3v) is 2.68. The van der Waals surface area contributed by atoms with Gasteiger partial charge in [-0.05, 0) is 44.3 Å². The van der Waals surface area contributed by atoms with Crippen molar-refractivity contribution in [2.75, 3.05) is 13.7 Å². The summed E-state index contributed by atoms with van der Waals surface area (Å²) in [6.07, 6.45) is 0. The number of phenolic OH excluding ortho intramolecular Hbond substituents is 1. The van der Waals surface area contributed by atoms with Crippen molar-refractivity contribution >= 4 is 23.0 Å². The van der Waals surface area contributed by atoms with Gasteiger partial charge in [0, 0.05) is 18.7 Å². The van der Waals surface area contributed by atoms with Crippen LogP contribution < -0.4 is 10.7 Å². The van der Waals surface area contributed by atoms with Crippen molar-refractivity contribution in [2.24, 2.45) is 5.10 Å². The Morgan fingerprint density at radius 1 is 1.55 bits per heavy atom. The summed E-state index contributed by atoms with van der Waals surface area (Å²) in [7, 11) is 1.60. The van der Waals surface area contributed by atoms with E-state index in [1.807, 2.05) is 6.92 Å². The van der Waals surface area contributed by atoms with Gasteiger partial charge in [0.15, 0.2) is 5.11 Å². The van der Waals surface area contributed by atoms with Gasteiger partial charge in [-0.2, -0.15) is 5.10 Å². The first-order valence-electron chi connectivity index (χ1n) is 6.02. The van der Waals surface area contributed by atoms with Crippen LogP contribution in [0.1, 0.15) is 19.4 Å². The Labute approximate surface area is 122 Å². The molecule has 0 bridgehead atoms. The summed E-state index contributed by atoms with van der Waals surface area (Å²) < 4.78 is 18.1. The molecule has 110 valence electrons. The standard InChI is InChI=1S/C13H18FN3O2S/c1-8(7-19-3)15-13(20)17-16-9(2)11-6-10(14)4-5-12(11)18/h4-6,8,18H,7H2,1-3H3,(H2,15,17,20)/b16-9+/t8-/m1/s1. The topological polar surface area (TPSA) is 65.9 Å². The predicted octanol–water partition coefficient (Wildman–Crippen LogP) is 1.75. The molecule has 0 aliphatic carbocycles. The number of ether oxygens (including phenoxy) is 1. The number of nitrogens with zero attached hydrogens (tertiary/aromatic N) is 1. The largest absolute Gasteiger partial charge is 0.507 e. The van der Waals surface area contributed by atoms with E-state index in [1.54, 1.807) is 14.0 Å². The summed E-state index contributed by atoms with van der Waals surface area (Å²) in [6.45, 7) is 4.06. The highest BCUT2D eigenvalue weighted by molar-refractivity contribution is 7.80. The first kappa shape index (κ1) is 16.3. The Morgan fingerprint density at radius 2 is 2.25 bits per heavy atom. The molecule has 0 aliphatic heterocycles. The van der Waals surface area contributed by atoms with Crippen molar-refractivity contribution in [2.45, 2.75) is 19.9 Å². The van der Waals surface area contributed by atoms with Crippen LogP contribution in [0.5, 0.6) is 5.75 Å². The normalized spacial score (nSPS) is 12.9. The van der Waals surface area contributed by atoms with E-state index in [2.05, 4.69) is 15.8 Å². The first-order chi connectivity index (χ1) is 9.43. The van der Waals surface area contributed by atoms with Crippen LogP contribution in [0, 0.1) is 5.82 Å². The number of nitrogens with one attached hydrogen (secondary N) is 2. The van der Waals surface area contributed by atoms with E-state index in [4.69, 9.17) is 17.0 Å². The van der Waals surface area contributed by atoms with Gasteiger partial charge in [0.1, 0.15) is 11.6 Å². The summed E-state index contributed by atoms with van der Waals surface area (Å²) in [6, 6.07) is 3.71. The molecule has 1 aromatic carbocycles. The molecule has 0 aliphatic rings. The number of aromatic hydroxyl groups is 1. The van der Waals surface area contributed by atoms with E-state index in [-0.39, 0.29) is 11.8 Å². The number of hydrogen-bond donors (Lipinski definition) is 3. The number of benzene rings is 1. The molecule has 0 heterocycles. The average Bonchev–Trinajstić information content (AvgIpc) is 2.39. The molecule has 0 unspecified atom stereocenters. The monoisotopic (exact) mass is 299 g/mol. The summed E-state index contributed by atoms with van der Waals surface area (Å²) in [5, 5.41) is 16.9. The second kappa shape index (κ2) is 7.76. The number of hydrazone groups is 1. The molecule has 20 heavy (non-hydrogen) atoms. The molecule has 1 atom stereocenters. The molecule has 0 amide bonds. The van der Waals surface area contributed by atoms with Crippen molar-refractivity contribution in [3.63, 3.8) is 0 Å². The number of hydrogen-bond acceptors (Lipinski definition) is 4. The van der Waals surface area contributed by atoms with E-state index >= 15 is 0 Å². The van der Waals surface area contributed by atoms with Gasteiger partial charge in [0.25, 0.3) is 0 Å². The third kappa shape index (κ3) is 5.10. The van der Waals surface area contributed by atoms with E-state index < -0.39 is 5.82 Å². The molecule has 0 fully saturated rings. The van der Waals surface area contributed by atoms with Crippen LogP contribution in [-0.2, 0) is 4.74 Å². The Kier molecular flexibility index (Phi) is 6.33. The van der Waals surface area contributed by atoms with E-state index in [1.165, 1.54) is 18.2 Å². The maximum Gasteiger partial charge on any atom is 0.187 e. The summed E-state index contributed by atoms with van der Waals surface area (Å²) >= 11 is 5.05. The van der Waals surface area contributed by atoms with Crippen molar-refractivity contribution < 1.29 is 14.2 Å². The van der Waals surface area contributed by atoms with Gasteiger partial charge >= 0.3 is 0 Å². The van der Waals surface area contributed by atoms with Gasteiger partial charge in [0.05, 0.1) is 12.3 Å². The Balaban J connectivity index is 2.65. The molecule has 1 rings (SSSR count). The zero-order valence-corrected chi connectivity index (χ0v) is 12.4. The van der Waals surface area contributed by atoms with Crippen molar-refractivity contribution in [3.05, 3.63) is 29.6 Å². The van der Waals surface area contributed by atoms with Gasteiger partial charge in [-0.1, -0.05) is 0 Å². The maximum atomic E-state index is 13.1. The van der Waals surface area contributed by atoms with E-state index in [0.29, 0.717) is 23.0 Å². The fraction of sp³-hybridized carbons (Fsp3) is 0.385. The van der Waals surface area contributed by atoms with Crippen LogP contribution >= 0.6 is 12.2 Å². The number of rotatable bonds is 5. The molecule has 0 saturated heterocycles. The molecule has 5 nitrogen and oxygen atoms in total. The molecule has 0 saturated carbocycles. The van der Waals surface area contributed by atoms with Crippen LogP contribution in [-0.4, -0.2) is 35.7 Å². The van der Waals surface area contributed by atoms with Gasteiger partial charge in [-0.3, -0.25) is 5.43 Å². The Hall–Kier alpha value is -1.73. The second-order valence-corrected chi connectivity index (χ2v) is 4.71. The van der Waals surface area contributed by atoms with Crippen LogP contribution in [0.25, 0.3) is 0 Å². The lowest BCUT2D eigenvalue weighted by atomic mass is 10.1. The highest BCUT2D eigenvalue weighted by Gasteiger charge is 2.07. The fourth-order valence-corrected chi connectivity index (χ4v) is 1.79. The lowest BCUT2D eigenvalue weighted by Gasteiger charge is -2.14. The molecule has 3 N–H and O–H groups in total. The number of methoxy groups -OCH3 is 1. The molecule has 1 aromatic rings. The SMILES string of the molecule is COC[C@@H](C)NC(=S)N/N=C(\C)c1cc(F)ccc1O.